The molecule has 1 aromatic carbocycles. The Balaban J connectivity index is 1.91. The molecule has 1 heterocycles. The van der Waals surface area contributed by atoms with Crippen LogP contribution >= 0.6 is 0 Å². The van der Waals surface area contributed by atoms with E-state index in [0.717, 1.165) is 31.0 Å². The van der Waals surface area contributed by atoms with E-state index >= 15 is 0 Å². The Kier molecular flexibility index (Phi) is 4.88. The second-order valence-corrected chi connectivity index (χ2v) is 4.84. The zero-order valence-corrected chi connectivity index (χ0v) is 11.4. The third-order valence-corrected chi connectivity index (χ3v) is 3.32. The number of fused-ring (bicyclic) bond motifs is 1. The Bertz CT molecular complexity index is 379. The second kappa shape index (κ2) is 6.64. The van der Waals surface area contributed by atoms with Gasteiger partial charge in [-0.05, 0) is 49.5 Å². The van der Waals surface area contributed by atoms with E-state index in [1.54, 1.807) is 0 Å². The van der Waals surface area contributed by atoms with E-state index in [-0.39, 0.29) is 0 Å². The van der Waals surface area contributed by atoms with Crippen LogP contribution in [-0.4, -0.2) is 26.3 Å². The lowest BCUT2D eigenvalue weighted by atomic mass is 9.97. The average Bonchev–Trinajstić information content (AvgIpc) is 2.43. The van der Waals surface area contributed by atoms with Gasteiger partial charge in [-0.25, -0.2) is 0 Å². The van der Waals surface area contributed by atoms with E-state index in [4.69, 9.17) is 9.47 Å². The Morgan fingerprint density at radius 1 is 1.17 bits per heavy atom. The summed E-state index contributed by atoms with van der Waals surface area (Å²) < 4.78 is 11.2. The molecule has 1 aromatic rings. The summed E-state index contributed by atoms with van der Waals surface area (Å²) in [7, 11) is 0. The van der Waals surface area contributed by atoms with Gasteiger partial charge >= 0.3 is 0 Å². The van der Waals surface area contributed by atoms with Gasteiger partial charge in [0.1, 0.15) is 13.2 Å². The maximum Gasteiger partial charge on any atom is 0.161 e. The highest BCUT2D eigenvalue weighted by molar-refractivity contribution is 5.44. The number of hydrogen-bond donors (Lipinski definition) is 1. The Labute approximate surface area is 109 Å². The molecule has 1 unspecified atom stereocenters. The third kappa shape index (κ3) is 3.39. The average molecular weight is 249 g/mol. The summed E-state index contributed by atoms with van der Waals surface area (Å²) in [5, 5.41) is 3.44. The summed E-state index contributed by atoms with van der Waals surface area (Å²) >= 11 is 0. The molecule has 0 aliphatic carbocycles. The second-order valence-electron chi connectivity index (χ2n) is 4.84. The van der Waals surface area contributed by atoms with Crippen LogP contribution in [0, 0.1) is 0 Å². The van der Waals surface area contributed by atoms with Gasteiger partial charge in [0, 0.05) is 0 Å². The van der Waals surface area contributed by atoms with Crippen molar-refractivity contribution < 1.29 is 9.47 Å². The molecule has 100 valence electrons. The van der Waals surface area contributed by atoms with Crippen molar-refractivity contribution in [3.63, 3.8) is 0 Å². The first-order valence-corrected chi connectivity index (χ1v) is 6.91. The molecule has 0 aromatic heterocycles. The van der Waals surface area contributed by atoms with Gasteiger partial charge in [-0.1, -0.05) is 19.9 Å². The van der Waals surface area contributed by atoms with Crippen molar-refractivity contribution in [2.45, 2.75) is 32.6 Å². The molecular formula is C15H23NO2. The minimum absolute atomic E-state index is 0.546. The van der Waals surface area contributed by atoms with Gasteiger partial charge in [0.2, 0.25) is 0 Å². The minimum atomic E-state index is 0.546. The van der Waals surface area contributed by atoms with Gasteiger partial charge in [-0.2, -0.15) is 0 Å². The summed E-state index contributed by atoms with van der Waals surface area (Å²) in [6, 6.07) is 6.30. The van der Waals surface area contributed by atoms with E-state index < -0.39 is 0 Å². The van der Waals surface area contributed by atoms with E-state index in [1.165, 1.54) is 12.0 Å². The lowest BCUT2D eigenvalue weighted by molar-refractivity contribution is 0.171. The van der Waals surface area contributed by atoms with Crippen molar-refractivity contribution >= 4 is 0 Å². The summed E-state index contributed by atoms with van der Waals surface area (Å²) in [5.74, 6) is 2.32. The molecule has 1 aliphatic heterocycles. The molecule has 3 heteroatoms. The SMILES string of the molecule is CCCNCCC(C)c1ccc2c(c1)OCCO2. The fraction of sp³-hybridized carbons (Fsp3) is 0.600. The third-order valence-electron chi connectivity index (χ3n) is 3.32. The fourth-order valence-corrected chi connectivity index (χ4v) is 2.15. The normalized spacial score (nSPS) is 15.4. The topological polar surface area (TPSA) is 30.5 Å². The minimum Gasteiger partial charge on any atom is -0.486 e. The Hall–Kier alpha value is -1.22. The molecule has 2 rings (SSSR count). The van der Waals surface area contributed by atoms with E-state index in [2.05, 4.69) is 31.3 Å². The summed E-state index contributed by atoms with van der Waals surface area (Å²) in [4.78, 5) is 0. The number of rotatable bonds is 6. The quantitative estimate of drug-likeness (QED) is 0.786. The van der Waals surface area contributed by atoms with Crippen LogP contribution in [0.15, 0.2) is 18.2 Å². The van der Waals surface area contributed by atoms with Gasteiger partial charge in [0.25, 0.3) is 0 Å². The number of benzene rings is 1. The molecule has 0 spiro atoms. The monoisotopic (exact) mass is 249 g/mol. The predicted octanol–water partition coefficient (Wildman–Crippen LogP) is 2.95. The van der Waals surface area contributed by atoms with Crippen LogP contribution in [0.4, 0.5) is 0 Å². The highest BCUT2D eigenvalue weighted by Crippen LogP contribution is 2.33. The lowest BCUT2D eigenvalue weighted by Gasteiger charge is -2.20. The Morgan fingerprint density at radius 3 is 2.72 bits per heavy atom. The highest BCUT2D eigenvalue weighted by atomic mass is 16.6. The van der Waals surface area contributed by atoms with Gasteiger partial charge < -0.3 is 14.8 Å². The molecule has 1 atom stereocenters. The van der Waals surface area contributed by atoms with E-state index in [1.807, 2.05) is 6.07 Å². The van der Waals surface area contributed by atoms with Crippen LogP contribution in [0.1, 0.15) is 38.2 Å². The van der Waals surface area contributed by atoms with Gasteiger partial charge in [-0.15, -0.1) is 0 Å². The van der Waals surface area contributed by atoms with Gasteiger partial charge in [-0.3, -0.25) is 0 Å². The number of nitrogens with one attached hydrogen (secondary N) is 1. The molecule has 0 saturated heterocycles. The molecule has 1 aliphatic rings. The molecule has 1 N–H and O–H groups in total. The summed E-state index contributed by atoms with van der Waals surface area (Å²) in [6.45, 7) is 7.94. The largest absolute Gasteiger partial charge is 0.486 e. The van der Waals surface area contributed by atoms with Crippen LogP contribution in [0.25, 0.3) is 0 Å². The van der Waals surface area contributed by atoms with Crippen LogP contribution < -0.4 is 14.8 Å². The first kappa shape index (κ1) is 13.2. The van der Waals surface area contributed by atoms with Crippen molar-refractivity contribution in [3.05, 3.63) is 23.8 Å². The zero-order chi connectivity index (χ0) is 12.8. The molecule has 0 saturated carbocycles. The van der Waals surface area contributed by atoms with E-state index in [0.29, 0.717) is 19.1 Å². The summed E-state index contributed by atoms with van der Waals surface area (Å²) in [6.07, 6.45) is 2.35. The maximum atomic E-state index is 5.62. The first-order chi connectivity index (χ1) is 8.81. The lowest BCUT2D eigenvalue weighted by Crippen LogP contribution is -2.18. The van der Waals surface area contributed by atoms with Gasteiger partial charge in [0.05, 0.1) is 0 Å². The van der Waals surface area contributed by atoms with Crippen LogP contribution in [0.3, 0.4) is 0 Å². The highest BCUT2D eigenvalue weighted by Gasteiger charge is 2.14. The Morgan fingerprint density at radius 2 is 1.94 bits per heavy atom. The van der Waals surface area contributed by atoms with Crippen LogP contribution in [0.2, 0.25) is 0 Å². The van der Waals surface area contributed by atoms with E-state index in [9.17, 15) is 0 Å². The first-order valence-electron chi connectivity index (χ1n) is 6.91. The molecule has 0 amide bonds. The fourth-order valence-electron chi connectivity index (χ4n) is 2.15. The maximum absolute atomic E-state index is 5.62. The molecule has 0 fully saturated rings. The molecular weight excluding hydrogens is 226 g/mol. The smallest absolute Gasteiger partial charge is 0.161 e. The molecule has 0 radical (unpaired) electrons. The standard InChI is InChI=1S/C15H23NO2/c1-3-7-16-8-6-12(2)13-4-5-14-15(11-13)18-10-9-17-14/h4-5,11-12,16H,3,6-10H2,1-2H3. The van der Waals surface area contributed by atoms with Crippen molar-refractivity contribution in [2.24, 2.45) is 0 Å². The summed E-state index contributed by atoms with van der Waals surface area (Å²) in [5.41, 5.74) is 1.33. The van der Waals surface area contributed by atoms with Crippen molar-refractivity contribution in [1.82, 2.24) is 5.32 Å². The predicted molar refractivity (Wildman–Crippen MR) is 73.6 cm³/mol. The number of hydrogen-bond acceptors (Lipinski definition) is 3. The van der Waals surface area contributed by atoms with Crippen molar-refractivity contribution in [1.29, 1.82) is 0 Å². The van der Waals surface area contributed by atoms with Crippen LogP contribution in [-0.2, 0) is 0 Å². The van der Waals surface area contributed by atoms with Crippen LogP contribution in [0.5, 0.6) is 11.5 Å². The molecule has 3 nitrogen and oxygen atoms in total. The van der Waals surface area contributed by atoms with Gasteiger partial charge in [0.15, 0.2) is 11.5 Å². The molecule has 18 heavy (non-hydrogen) atoms. The zero-order valence-electron chi connectivity index (χ0n) is 11.4. The number of ether oxygens (including phenoxy) is 2. The van der Waals surface area contributed by atoms with Crippen molar-refractivity contribution in [3.8, 4) is 11.5 Å². The molecule has 0 bridgehead atoms. The van der Waals surface area contributed by atoms with Crippen molar-refractivity contribution in [2.75, 3.05) is 26.3 Å².